The Balaban J connectivity index is 0.893. The molecule has 5 heterocycles. The van der Waals surface area contributed by atoms with Crippen molar-refractivity contribution < 1.29 is 38.6 Å². The molecule has 0 spiro atoms. The van der Waals surface area contributed by atoms with Crippen LogP contribution in [-0.4, -0.2) is 168 Å². The van der Waals surface area contributed by atoms with E-state index >= 15 is 0 Å². The number of piperazine rings is 1. The molecule has 0 aliphatic carbocycles. The van der Waals surface area contributed by atoms with Gasteiger partial charge in [-0.3, -0.25) is 24.2 Å². The molecule has 2 N–H and O–H groups in total. The molecule has 0 aromatic heterocycles. The van der Waals surface area contributed by atoms with Crippen molar-refractivity contribution in [3.8, 4) is 5.75 Å². The number of aryl methyl sites for hydroxylation is 2. The van der Waals surface area contributed by atoms with E-state index in [-0.39, 0.29) is 55.2 Å². The van der Waals surface area contributed by atoms with Crippen molar-refractivity contribution in [2.75, 3.05) is 90.5 Å². The van der Waals surface area contributed by atoms with Gasteiger partial charge in [-0.05, 0) is 93.5 Å². The smallest absolute Gasteiger partial charge is 0.410 e. The van der Waals surface area contributed by atoms with Crippen LogP contribution in [0.5, 0.6) is 5.75 Å². The van der Waals surface area contributed by atoms with Gasteiger partial charge in [-0.15, -0.1) is 0 Å². The number of nitrogens with zero attached hydrogens (tertiary/aromatic N) is 6. The number of fused-ring (bicyclic) bond motifs is 1. The minimum Gasteiger partial charge on any atom is -0.507 e. The maximum absolute atomic E-state index is 14.2. The predicted molar refractivity (Wildman–Crippen MR) is 221 cm³/mol. The molecule has 5 aliphatic rings. The third kappa shape index (κ3) is 10.7. The number of amides is 5. The first kappa shape index (κ1) is 42.2. The van der Waals surface area contributed by atoms with E-state index in [1.165, 1.54) is 0 Å². The molecular formula is C44H61N7O8. The summed E-state index contributed by atoms with van der Waals surface area (Å²) in [6, 6.07) is 11.7. The molecule has 320 valence electrons. The monoisotopic (exact) mass is 815 g/mol. The van der Waals surface area contributed by atoms with Gasteiger partial charge in [0.05, 0.1) is 6.54 Å². The standard InChI is InChI=1S/C44H61N7O8/c1-31-26-33(27-32(2)41(31)54)28-38(59-44(57)50-19-13-36(14-20-50)51-21-10-34-8-4-5-9-37(34)45-43(51)56)42(55)49-24-22-47(23-25-49)35-11-17-46(18-12-35)29-40(53)58-30-39(52)48-15-6-3-7-16-48/h4-5,8-9,26-27,35-36,38,54H,3,6-7,10-25,28-30H2,1-2H3,(H,45,56)/t38-/m1/s1. The highest BCUT2D eigenvalue weighted by Gasteiger charge is 2.37. The minimum absolute atomic E-state index is 0.0140. The quantitative estimate of drug-likeness (QED) is 0.339. The molecule has 5 amide bonds. The fourth-order valence-corrected chi connectivity index (χ4v) is 9.41. The van der Waals surface area contributed by atoms with E-state index in [0.717, 1.165) is 81.5 Å². The molecule has 2 aromatic rings. The zero-order valence-electron chi connectivity index (χ0n) is 34.7. The first-order valence-corrected chi connectivity index (χ1v) is 21.6. The summed E-state index contributed by atoms with van der Waals surface area (Å²) < 4.78 is 11.4. The number of para-hydroxylation sites is 1. The highest BCUT2D eigenvalue weighted by Crippen LogP contribution is 2.27. The molecule has 4 saturated heterocycles. The second kappa shape index (κ2) is 19.4. The number of anilines is 1. The maximum Gasteiger partial charge on any atom is 0.410 e. The van der Waals surface area contributed by atoms with Gasteiger partial charge in [-0.25, -0.2) is 9.59 Å². The molecule has 0 bridgehead atoms. The molecule has 7 rings (SSSR count). The van der Waals surface area contributed by atoms with Gasteiger partial charge >= 0.3 is 18.1 Å². The minimum atomic E-state index is -1.04. The normalized spacial score (nSPS) is 20.7. The second-order valence-electron chi connectivity index (χ2n) is 16.9. The van der Waals surface area contributed by atoms with Crippen LogP contribution in [0.25, 0.3) is 0 Å². The van der Waals surface area contributed by atoms with Crippen molar-refractivity contribution in [2.24, 2.45) is 0 Å². The molecule has 0 radical (unpaired) electrons. The SMILES string of the molecule is Cc1cc(C[C@@H](OC(=O)N2CCC(N3CCc4ccccc4NC3=O)CC2)C(=O)N2CCN(C3CCN(CC(=O)OCC(=O)N4CCCCC4)CC3)CC2)cc(C)c1O. The number of carbonyl (C=O) groups is 5. The summed E-state index contributed by atoms with van der Waals surface area (Å²) in [5, 5.41) is 13.5. The molecule has 2 aromatic carbocycles. The number of aromatic hydroxyl groups is 1. The van der Waals surface area contributed by atoms with Gasteiger partial charge in [0, 0.05) is 96.2 Å². The van der Waals surface area contributed by atoms with Gasteiger partial charge in [-0.2, -0.15) is 0 Å². The van der Waals surface area contributed by atoms with Crippen molar-refractivity contribution in [3.05, 3.63) is 58.7 Å². The Morgan fingerprint density at radius 3 is 2.14 bits per heavy atom. The van der Waals surface area contributed by atoms with Gasteiger partial charge in [0.15, 0.2) is 12.7 Å². The first-order valence-electron chi connectivity index (χ1n) is 21.6. The van der Waals surface area contributed by atoms with Gasteiger partial charge in [0.1, 0.15) is 5.75 Å². The van der Waals surface area contributed by atoms with Crippen molar-refractivity contribution in [2.45, 2.75) is 89.8 Å². The molecule has 15 nitrogen and oxygen atoms in total. The number of esters is 1. The Morgan fingerprint density at radius 2 is 1.44 bits per heavy atom. The second-order valence-corrected chi connectivity index (χ2v) is 16.9. The number of urea groups is 1. The fourth-order valence-electron chi connectivity index (χ4n) is 9.41. The first-order chi connectivity index (χ1) is 28.5. The van der Waals surface area contributed by atoms with Crippen LogP contribution in [0.4, 0.5) is 15.3 Å². The van der Waals surface area contributed by atoms with Crippen LogP contribution in [0.15, 0.2) is 36.4 Å². The Hall–Kier alpha value is -4.89. The molecule has 1 atom stereocenters. The van der Waals surface area contributed by atoms with E-state index in [9.17, 15) is 29.1 Å². The lowest BCUT2D eigenvalue weighted by molar-refractivity contribution is -0.153. The van der Waals surface area contributed by atoms with Crippen molar-refractivity contribution >= 4 is 35.6 Å². The zero-order chi connectivity index (χ0) is 41.5. The van der Waals surface area contributed by atoms with E-state index < -0.39 is 12.2 Å². The highest BCUT2D eigenvalue weighted by molar-refractivity contribution is 5.91. The third-order valence-electron chi connectivity index (χ3n) is 12.9. The summed E-state index contributed by atoms with van der Waals surface area (Å²) in [6.45, 7) is 10.4. The predicted octanol–water partition coefficient (Wildman–Crippen LogP) is 3.78. The van der Waals surface area contributed by atoms with Crippen LogP contribution in [0.1, 0.15) is 67.2 Å². The van der Waals surface area contributed by atoms with Crippen LogP contribution >= 0.6 is 0 Å². The number of phenols is 1. The van der Waals surface area contributed by atoms with Gasteiger partial charge in [0.25, 0.3) is 11.8 Å². The highest BCUT2D eigenvalue weighted by atomic mass is 16.6. The molecule has 0 saturated carbocycles. The molecule has 0 unspecified atom stereocenters. The number of piperidine rings is 3. The number of hydrogen-bond donors (Lipinski definition) is 2. The number of likely N-dealkylation sites (tertiary alicyclic amines) is 3. The van der Waals surface area contributed by atoms with Crippen LogP contribution in [-0.2, 0) is 36.7 Å². The van der Waals surface area contributed by atoms with Gasteiger partial charge < -0.3 is 39.5 Å². The number of ether oxygens (including phenoxy) is 2. The average Bonchev–Trinajstić information content (AvgIpc) is 3.42. The Morgan fingerprint density at radius 1 is 0.780 bits per heavy atom. The van der Waals surface area contributed by atoms with E-state index in [2.05, 4.69) is 15.1 Å². The van der Waals surface area contributed by atoms with Crippen LogP contribution in [0, 0.1) is 13.8 Å². The number of carbonyl (C=O) groups excluding carboxylic acids is 5. The molecule has 5 aliphatic heterocycles. The molecule has 15 heteroatoms. The van der Waals surface area contributed by atoms with Gasteiger partial charge in [-0.1, -0.05) is 30.3 Å². The number of rotatable bonds is 10. The maximum atomic E-state index is 14.2. The lowest BCUT2D eigenvalue weighted by atomic mass is 10.00. The lowest BCUT2D eigenvalue weighted by Gasteiger charge is -2.43. The van der Waals surface area contributed by atoms with E-state index in [1.807, 2.05) is 55.1 Å². The Kier molecular flexibility index (Phi) is 13.9. The summed E-state index contributed by atoms with van der Waals surface area (Å²) in [5.74, 6) is -0.510. The molecular weight excluding hydrogens is 755 g/mol. The van der Waals surface area contributed by atoms with Gasteiger partial charge in [0.2, 0.25) is 0 Å². The number of nitrogens with one attached hydrogen (secondary N) is 1. The summed E-state index contributed by atoms with van der Waals surface area (Å²) in [4.78, 5) is 77.7. The van der Waals surface area contributed by atoms with E-state index in [0.29, 0.717) is 75.8 Å². The van der Waals surface area contributed by atoms with Crippen LogP contribution in [0.2, 0.25) is 0 Å². The summed E-state index contributed by atoms with van der Waals surface area (Å²) in [6.07, 6.45) is 5.49. The summed E-state index contributed by atoms with van der Waals surface area (Å²) >= 11 is 0. The number of hydrogen-bond acceptors (Lipinski definition) is 10. The van der Waals surface area contributed by atoms with Crippen molar-refractivity contribution in [3.63, 3.8) is 0 Å². The number of benzene rings is 2. The molecule has 4 fully saturated rings. The van der Waals surface area contributed by atoms with E-state index in [1.54, 1.807) is 14.7 Å². The van der Waals surface area contributed by atoms with Crippen LogP contribution in [0.3, 0.4) is 0 Å². The topological polar surface area (TPSA) is 156 Å². The van der Waals surface area contributed by atoms with Crippen molar-refractivity contribution in [1.29, 1.82) is 0 Å². The molecule has 59 heavy (non-hydrogen) atoms. The Bertz CT molecular complexity index is 1810. The largest absolute Gasteiger partial charge is 0.507 e. The van der Waals surface area contributed by atoms with Crippen LogP contribution < -0.4 is 5.32 Å². The number of phenolic OH excluding ortho intramolecular Hbond substituents is 1. The average molecular weight is 816 g/mol. The summed E-state index contributed by atoms with van der Waals surface area (Å²) in [5.41, 5.74) is 4.14. The zero-order valence-corrected chi connectivity index (χ0v) is 34.7. The summed E-state index contributed by atoms with van der Waals surface area (Å²) in [7, 11) is 0. The van der Waals surface area contributed by atoms with E-state index in [4.69, 9.17) is 9.47 Å². The van der Waals surface area contributed by atoms with Crippen molar-refractivity contribution in [1.82, 2.24) is 29.4 Å². The third-order valence-corrected chi connectivity index (χ3v) is 12.9. The fraction of sp³-hybridized carbons (Fsp3) is 0.614. The Labute approximate surface area is 347 Å². The lowest BCUT2D eigenvalue weighted by Crippen LogP contribution is -2.57.